The van der Waals surface area contributed by atoms with Crippen molar-refractivity contribution in [2.75, 3.05) is 0 Å². The Morgan fingerprint density at radius 2 is 2.22 bits per heavy atom. The molecule has 7 heteroatoms. The Balaban J connectivity index is 2.36. The van der Waals surface area contributed by atoms with Crippen LogP contribution in [0, 0.1) is 0 Å². The highest BCUT2D eigenvalue weighted by Gasteiger charge is 2.41. The number of carbonyl (C=O) groups is 3. The number of aliphatic carboxylic acids is 1. The number of halogens is 1. The van der Waals surface area contributed by atoms with E-state index in [4.69, 9.17) is 16.7 Å². The van der Waals surface area contributed by atoms with E-state index in [1.165, 1.54) is 18.3 Å². The van der Waals surface area contributed by atoms with Crippen LogP contribution in [0.2, 0.25) is 5.15 Å². The fourth-order valence-corrected chi connectivity index (χ4v) is 2.05. The summed E-state index contributed by atoms with van der Waals surface area (Å²) < 4.78 is 0. The molecule has 18 heavy (non-hydrogen) atoms. The summed E-state index contributed by atoms with van der Waals surface area (Å²) in [5.74, 6) is -2.43. The molecular formula is C11H9ClN2O4. The molecule has 2 rings (SSSR count). The zero-order valence-electron chi connectivity index (χ0n) is 9.17. The van der Waals surface area contributed by atoms with Gasteiger partial charge in [0.15, 0.2) is 0 Å². The van der Waals surface area contributed by atoms with Crippen molar-refractivity contribution in [3.8, 4) is 0 Å². The summed E-state index contributed by atoms with van der Waals surface area (Å²) in [7, 11) is 0. The Labute approximate surface area is 107 Å². The average molecular weight is 269 g/mol. The molecule has 0 aromatic carbocycles. The fourth-order valence-electron chi connectivity index (χ4n) is 1.85. The third-order valence-electron chi connectivity index (χ3n) is 2.71. The maximum Gasteiger partial charge on any atom is 0.326 e. The van der Waals surface area contributed by atoms with Gasteiger partial charge in [0, 0.05) is 12.6 Å². The molecule has 1 aliphatic rings. The molecule has 1 N–H and O–H groups in total. The van der Waals surface area contributed by atoms with Crippen LogP contribution in [0.15, 0.2) is 18.3 Å². The van der Waals surface area contributed by atoms with E-state index in [1.807, 2.05) is 0 Å². The molecule has 0 saturated carbocycles. The van der Waals surface area contributed by atoms with Crippen LogP contribution in [0.4, 0.5) is 0 Å². The number of carbonyl (C=O) groups excluding carboxylic acids is 2. The largest absolute Gasteiger partial charge is 0.480 e. The van der Waals surface area contributed by atoms with Gasteiger partial charge in [-0.25, -0.2) is 9.78 Å². The van der Waals surface area contributed by atoms with Crippen molar-refractivity contribution in [1.29, 1.82) is 0 Å². The lowest BCUT2D eigenvalue weighted by Gasteiger charge is -2.19. The highest BCUT2D eigenvalue weighted by molar-refractivity contribution is 6.33. The summed E-state index contributed by atoms with van der Waals surface area (Å²) in [6, 6.07) is 1.78. The number of hydrogen-bond donors (Lipinski definition) is 1. The second-order valence-electron chi connectivity index (χ2n) is 3.80. The van der Waals surface area contributed by atoms with Crippen molar-refractivity contribution in [1.82, 2.24) is 9.88 Å². The minimum absolute atomic E-state index is 0.0284. The average Bonchev–Trinajstić information content (AvgIpc) is 2.71. The smallest absolute Gasteiger partial charge is 0.326 e. The van der Waals surface area contributed by atoms with Gasteiger partial charge in [0.05, 0.1) is 5.56 Å². The number of amides is 2. The van der Waals surface area contributed by atoms with E-state index in [-0.39, 0.29) is 23.6 Å². The van der Waals surface area contributed by atoms with Gasteiger partial charge in [-0.15, -0.1) is 0 Å². The predicted octanol–water partition coefficient (Wildman–Crippen LogP) is 0.951. The van der Waals surface area contributed by atoms with E-state index in [0.29, 0.717) is 0 Å². The molecule has 2 heterocycles. The van der Waals surface area contributed by atoms with Crippen LogP contribution in [-0.2, 0) is 9.59 Å². The summed E-state index contributed by atoms with van der Waals surface area (Å²) >= 11 is 5.76. The zero-order chi connectivity index (χ0) is 13.3. The molecule has 1 fully saturated rings. The van der Waals surface area contributed by atoms with Gasteiger partial charge in [0.1, 0.15) is 11.2 Å². The van der Waals surface area contributed by atoms with Gasteiger partial charge in [0.25, 0.3) is 5.91 Å². The lowest BCUT2D eigenvalue weighted by Crippen LogP contribution is -2.43. The van der Waals surface area contributed by atoms with Crippen LogP contribution >= 0.6 is 11.6 Å². The molecule has 0 spiro atoms. The number of nitrogens with zero attached hydrogens (tertiary/aromatic N) is 2. The maximum atomic E-state index is 12.1. The zero-order valence-corrected chi connectivity index (χ0v) is 9.92. The summed E-state index contributed by atoms with van der Waals surface area (Å²) in [5.41, 5.74) is 0.0284. The third-order valence-corrected chi connectivity index (χ3v) is 3.01. The van der Waals surface area contributed by atoms with Crippen LogP contribution in [0.25, 0.3) is 0 Å². The number of carboxylic acid groups (broad SMARTS) is 1. The molecule has 0 aliphatic carbocycles. The Bertz CT molecular complexity index is 532. The second kappa shape index (κ2) is 4.73. The Morgan fingerprint density at radius 1 is 1.50 bits per heavy atom. The molecule has 94 valence electrons. The lowest BCUT2D eigenvalue weighted by atomic mass is 10.2. The van der Waals surface area contributed by atoms with Gasteiger partial charge in [0.2, 0.25) is 5.91 Å². The number of aromatic nitrogens is 1. The van der Waals surface area contributed by atoms with Crippen molar-refractivity contribution in [2.24, 2.45) is 0 Å². The van der Waals surface area contributed by atoms with Crippen molar-refractivity contribution in [2.45, 2.75) is 18.9 Å². The first-order valence-electron chi connectivity index (χ1n) is 5.22. The SMILES string of the molecule is O=C(O)C1CCC(=O)N1C(=O)c1cccnc1Cl. The van der Waals surface area contributed by atoms with Crippen molar-refractivity contribution in [3.05, 3.63) is 29.0 Å². The maximum absolute atomic E-state index is 12.1. The Morgan fingerprint density at radius 3 is 2.83 bits per heavy atom. The summed E-state index contributed by atoms with van der Waals surface area (Å²) in [6.07, 6.45) is 1.57. The van der Waals surface area contributed by atoms with Crippen molar-refractivity contribution < 1.29 is 19.5 Å². The predicted molar refractivity (Wildman–Crippen MR) is 61.1 cm³/mol. The minimum atomic E-state index is -1.20. The number of rotatable bonds is 2. The first-order chi connectivity index (χ1) is 8.52. The van der Waals surface area contributed by atoms with E-state index >= 15 is 0 Å². The van der Waals surface area contributed by atoms with Gasteiger partial charge in [-0.1, -0.05) is 11.6 Å². The van der Waals surface area contributed by atoms with Crippen LogP contribution in [-0.4, -0.2) is 38.8 Å². The topological polar surface area (TPSA) is 87.6 Å². The monoisotopic (exact) mass is 268 g/mol. The highest BCUT2D eigenvalue weighted by atomic mass is 35.5. The number of imide groups is 1. The van der Waals surface area contributed by atoms with Crippen molar-refractivity contribution in [3.63, 3.8) is 0 Å². The van der Waals surface area contributed by atoms with E-state index < -0.39 is 23.8 Å². The Kier molecular flexibility index (Phi) is 3.29. The number of likely N-dealkylation sites (tertiary alicyclic amines) is 1. The second-order valence-corrected chi connectivity index (χ2v) is 4.16. The first kappa shape index (κ1) is 12.5. The summed E-state index contributed by atoms with van der Waals surface area (Å²) in [4.78, 5) is 39.2. The molecule has 1 aromatic rings. The molecule has 0 bridgehead atoms. The molecule has 1 aliphatic heterocycles. The standard InChI is InChI=1S/C11H9ClN2O4/c12-9-6(2-1-5-13-9)10(16)14-7(11(17)18)3-4-8(14)15/h1-2,5,7H,3-4H2,(H,17,18). The van der Waals surface area contributed by atoms with Crippen LogP contribution < -0.4 is 0 Å². The molecule has 1 saturated heterocycles. The van der Waals surface area contributed by atoms with Crippen LogP contribution in [0.1, 0.15) is 23.2 Å². The third kappa shape index (κ3) is 2.06. The molecule has 1 aromatic heterocycles. The number of hydrogen-bond acceptors (Lipinski definition) is 4. The van der Waals surface area contributed by atoms with Gasteiger partial charge >= 0.3 is 5.97 Å². The van der Waals surface area contributed by atoms with Gasteiger partial charge in [-0.3, -0.25) is 14.5 Å². The molecule has 1 unspecified atom stereocenters. The summed E-state index contributed by atoms with van der Waals surface area (Å²) in [6.45, 7) is 0. The fraction of sp³-hybridized carbons (Fsp3) is 0.273. The minimum Gasteiger partial charge on any atom is -0.480 e. The van der Waals surface area contributed by atoms with E-state index in [0.717, 1.165) is 4.90 Å². The van der Waals surface area contributed by atoms with Crippen molar-refractivity contribution >= 4 is 29.4 Å². The lowest BCUT2D eigenvalue weighted by molar-refractivity contribution is -0.144. The van der Waals surface area contributed by atoms with E-state index in [9.17, 15) is 14.4 Å². The van der Waals surface area contributed by atoms with Crippen LogP contribution in [0.3, 0.4) is 0 Å². The highest BCUT2D eigenvalue weighted by Crippen LogP contribution is 2.23. The molecule has 0 radical (unpaired) electrons. The normalized spacial score (nSPS) is 19.1. The van der Waals surface area contributed by atoms with Gasteiger partial charge in [-0.05, 0) is 18.6 Å². The van der Waals surface area contributed by atoms with Gasteiger partial charge in [-0.2, -0.15) is 0 Å². The van der Waals surface area contributed by atoms with E-state index in [1.54, 1.807) is 0 Å². The van der Waals surface area contributed by atoms with Crippen LogP contribution in [0.5, 0.6) is 0 Å². The molecule has 6 nitrogen and oxygen atoms in total. The summed E-state index contributed by atoms with van der Waals surface area (Å²) in [5, 5.41) is 8.92. The molecular weight excluding hydrogens is 260 g/mol. The van der Waals surface area contributed by atoms with Gasteiger partial charge < -0.3 is 5.11 Å². The molecule has 2 amide bonds. The van der Waals surface area contributed by atoms with E-state index in [2.05, 4.69) is 4.98 Å². The number of pyridine rings is 1. The quantitative estimate of drug-likeness (QED) is 0.637. The Hall–Kier alpha value is -1.95. The first-order valence-corrected chi connectivity index (χ1v) is 5.60. The molecule has 1 atom stereocenters. The number of carboxylic acids is 1.